The lowest BCUT2D eigenvalue weighted by molar-refractivity contribution is 0.0306. The van der Waals surface area contributed by atoms with Crippen molar-refractivity contribution in [3.8, 4) is 11.5 Å². The van der Waals surface area contributed by atoms with Crippen molar-refractivity contribution in [3.63, 3.8) is 0 Å². The zero-order valence-electron chi connectivity index (χ0n) is 15.6. The van der Waals surface area contributed by atoms with E-state index in [1.165, 1.54) is 0 Å². The number of nitrogens with zero attached hydrogens (tertiary/aromatic N) is 3. The van der Waals surface area contributed by atoms with E-state index in [-0.39, 0.29) is 30.5 Å². The van der Waals surface area contributed by atoms with Crippen LogP contribution in [0.15, 0.2) is 42.7 Å². The summed E-state index contributed by atoms with van der Waals surface area (Å²) in [5.41, 5.74) is 1.85. The number of likely N-dealkylation sites (tertiary alicyclic amines) is 1. The molecule has 28 heavy (non-hydrogen) atoms. The molecule has 1 amide bonds. The number of hydrogen-bond donors (Lipinski definition) is 0. The van der Waals surface area contributed by atoms with Crippen molar-refractivity contribution in [2.24, 2.45) is 0 Å². The number of aromatic nitrogens is 1. The summed E-state index contributed by atoms with van der Waals surface area (Å²) in [6.45, 7) is 3.99. The van der Waals surface area contributed by atoms with Gasteiger partial charge >= 0.3 is 0 Å². The zero-order valence-corrected chi connectivity index (χ0v) is 16.4. The molecule has 7 heteroatoms. The number of pyridine rings is 1. The first-order chi connectivity index (χ1) is 13.3. The van der Waals surface area contributed by atoms with Crippen LogP contribution in [0.4, 0.5) is 0 Å². The van der Waals surface area contributed by atoms with Crippen LogP contribution in [0.1, 0.15) is 28.8 Å². The fourth-order valence-electron chi connectivity index (χ4n) is 4.36. The van der Waals surface area contributed by atoms with Crippen molar-refractivity contribution in [1.82, 2.24) is 14.8 Å². The van der Waals surface area contributed by atoms with Gasteiger partial charge in [0, 0.05) is 49.2 Å². The molecular weight excluding hydrogens is 378 g/mol. The van der Waals surface area contributed by atoms with Crippen LogP contribution in [0.3, 0.4) is 0 Å². The molecule has 1 saturated heterocycles. The van der Waals surface area contributed by atoms with Crippen LogP contribution in [-0.4, -0.2) is 59.1 Å². The Labute approximate surface area is 170 Å². The zero-order chi connectivity index (χ0) is 18.2. The predicted molar refractivity (Wildman–Crippen MR) is 107 cm³/mol. The molecule has 6 nitrogen and oxygen atoms in total. The molecule has 4 heterocycles. The highest BCUT2D eigenvalue weighted by molar-refractivity contribution is 5.98. The first-order valence-corrected chi connectivity index (χ1v) is 9.62. The molecule has 1 aromatic carbocycles. The Hall–Kier alpha value is -2.31. The van der Waals surface area contributed by atoms with Crippen molar-refractivity contribution in [1.29, 1.82) is 0 Å². The summed E-state index contributed by atoms with van der Waals surface area (Å²) >= 11 is 0. The van der Waals surface area contributed by atoms with Crippen LogP contribution < -0.4 is 9.47 Å². The smallest absolute Gasteiger partial charge is 0.254 e. The van der Waals surface area contributed by atoms with E-state index >= 15 is 0 Å². The molecule has 148 valence electrons. The Morgan fingerprint density at radius 3 is 2.89 bits per heavy atom. The number of fused-ring (bicyclic) bond motifs is 2. The second kappa shape index (κ2) is 7.97. The number of benzene rings is 1. The number of carbonyl (C=O) groups excluding carboxylic acids is 1. The minimum atomic E-state index is 0. The number of halogens is 1. The average Bonchev–Trinajstić information content (AvgIpc) is 3.05. The normalized spacial score (nSPS) is 23.9. The topological polar surface area (TPSA) is 54.9 Å². The number of amides is 1. The SMILES string of the molecule is Cl.O=C1c2ccncc2CN1[C@H]1CCCN(C[C@H]2COc3ccccc3O2)C1. The van der Waals surface area contributed by atoms with E-state index in [4.69, 9.17) is 9.47 Å². The largest absolute Gasteiger partial charge is 0.486 e. The lowest BCUT2D eigenvalue weighted by Crippen LogP contribution is -2.51. The van der Waals surface area contributed by atoms with Gasteiger partial charge in [0.15, 0.2) is 11.5 Å². The van der Waals surface area contributed by atoms with Crippen LogP contribution in [0, 0.1) is 0 Å². The Morgan fingerprint density at radius 1 is 1.18 bits per heavy atom. The summed E-state index contributed by atoms with van der Waals surface area (Å²) in [5, 5.41) is 0. The molecule has 0 spiro atoms. The molecule has 5 rings (SSSR count). The molecular formula is C21H24ClN3O3. The Balaban J connectivity index is 0.00000192. The number of carbonyl (C=O) groups is 1. The van der Waals surface area contributed by atoms with Crippen LogP contribution in [0.25, 0.3) is 0 Å². The number of ether oxygens (including phenoxy) is 2. The molecule has 2 aromatic rings. The molecule has 0 bridgehead atoms. The molecule has 2 atom stereocenters. The van der Waals surface area contributed by atoms with Crippen molar-refractivity contribution < 1.29 is 14.3 Å². The molecule has 0 saturated carbocycles. The maximum absolute atomic E-state index is 12.8. The molecule has 3 aliphatic rings. The second-order valence-corrected chi connectivity index (χ2v) is 7.52. The summed E-state index contributed by atoms with van der Waals surface area (Å²) in [7, 11) is 0. The minimum absolute atomic E-state index is 0. The summed E-state index contributed by atoms with van der Waals surface area (Å²) in [6.07, 6.45) is 5.68. The second-order valence-electron chi connectivity index (χ2n) is 7.52. The number of hydrogen-bond acceptors (Lipinski definition) is 5. The van der Waals surface area contributed by atoms with Gasteiger partial charge in [-0.3, -0.25) is 14.7 Å². The van der Waals surface area contributed by atoms with Crippen molar-refractivity contribution >= 4 is 18.3 Å². The molecule has 0 radical (unpaired) electrons. The molecule has 3 aliphatic heterocycles. The molecule has 0 N–H and O–H groups in total. The van der Waals surface area contributed by atoms with Gasteiger partial charge < -0.3 is 14.4 Å². The van der Waals surface area contributed by atoms with Gasteiger partial charge in [0.25, 0.3) is 5.91 Å². The molecule has 1 fully saturated rings. The van der Waals surface area contributed by atoms with Crippen molar-refractivity contribution in [3.05, 3.63) is 53.9 Å². The summed E-state index contributed by atoms with van der Waals surface area (Å²) in [4.78, 5) is 21.4. The third kappa shape index (κ3) is 3.54. The fraction of sp³-hybridized carbons (Fsp3) is 0.429. The lowest BCUT2D eigenvalue weighted by atomic mass is 10.0. The van der Waals surface area contributed by atoms with Crippen LogP contribution >= 0.6 is 12.4 Å². The van der Waals surface area contributed by atoms with E-state index in [2.05, 4.69) is 9.88 Å². The van der Waals surface area contributed by atoms with Gasteiger partial charge in [0.1, 0.15) is 12.7 Å². The highest BCUT2D eigenvalue weighted by atomic mass is 35.5. The monoisotopic (exact) mass is 401 g/mol. The maximum atomic E-state index is 12.8. The van der Waals surface area contributed by atoms with Gasteiger partial charge in [-0.1, -0.05) is 12.1 Å². The summed E-state index contributed by atoms with van der Waals surface area (Å²) in [6, 6.07) is 9.90. The van der Waals surface area contributed by atoms with Gasteiger partial charge in [-0.25, -0.2) is 0 Å². The van der Waals surface area contributed by atoms with Gasteiger partial charge in [-0.2, -0.15) is 0 Å². The molecule has 0 unspecified atom stereocenters. The Bertz CT molecular complexity index is 862. The number of para-hydroxylation sites is 2. The van der Waals surface area contributed by atoms with Gasteiger partial charge in [-0.05, 0) is 37.6 Å². The third-order valence-corrected chi connectivity index (χ3v) is 5.69. The minimum Gasteiger partial charge on any atom is -0.486 e. The van der Waals surface area contributed by atoms with Crippen molar-refractivity contribution in [2.75, 3.05) is 26.2 Å². The van der Waals surface area contributed by atoms with Crippen LogP contribution in [0.2, 0.25) is 0 Å². The quantitative estimate of drug-likeness (QED) is 0.791. The summed E-state index contributed by atoms with van der Waals surface area (Å²) in [5.74, 6) is 1.78. The third-order valence-electron chi connectivity index (χ3n) is 5.69. The lowest BCUT2D eigenvalue weighted by Gasteiger charge is -2.39. The number of piperidine rings is 1. The van der Waals surface area contributed by atoms with Gasteiger partial charge in [0.2, 0.25) is 0 Å². The Kier molecular flexibility index (Phi) is 5.42. The van der Waals surface area contributed by atoms with E-state index in [9.17, 15) is 4.79 Å². The highest BCUT2D eigenvalue weighted by Crippen LogP contribution is 2.32. The van der Waals surface area contributed by atoms with Crippen LogP contribution in [0.5, 0.6) is 11.5 Å². The van der Waals surface area contributed by atoms with E-state index in [0.717, 1.165) is 55.1 Å². The highest BCUT2D eigenvalue weighted by Gasteiger charge is 2.35. The standard InChI is InChI=1S/C21H23N3O3.ClH/c25-21-18-7-8-22-10-15(18)11-24(21)16-4-3-9-23(12-16)13-17-14-26-19-5-1-2-6-20(19)27-17;/h1-2,5-8,10,16-17H,3-4,9,11-14H2;1H/t16-,17-;/m0./s1. The summed E-state index contributed by atoms with van der Waals surface area (Å²) < 4.78 is 12.0. The van der Waals surface area contributed by atoms with E-state index in [0.29, 0.717) is 13.2 Å². The van der Waals surface area contributed by atoms with E-state index < -0.39 is 0 Å². The Morgan fingerprint density at radius 2 is 2.04 bits per heavy atom. The van der Waals surface area contributed by atoms with E-state index in [1.54, 1.807) is 6.20 Å². The van der Waals surface area contributed by atoms with E-state index in [1.807, 2.05) is 41.4 Å². The van der Waals surface area contributed by atoms with Crippen molar-refractivity contribution in [2.45, 2.75) is 31.5 Å². The predicted octanol–water partition coefficient (Wildman–Crippen LogP) is 2.76. The average molecular weight is 402 g/mol. The maximum Gasteiger partial charge on any atom is 0.254 e. The first kappa shape index (κ1) is 19.0. The first-order valence-electron chi connectivity index (χ1n) is 9.62. The van der Waals surface area contributed by atoms with Crippen LogP contribution in [-0.2, 0) is 6.54 Å². The number of rotatable bonds is 3. The van der Waals surface area contributed by atoms with Gasteiger partial charge in [0.05, 0.1) is 0 Å². The fourth-order valence-corrected chi connectivity index (χ4v) is 4.36. The molecule has 1 aromatic heterocycles. The van der Waals surface area contributed by atoms with Gasteiger partial charge in [-0.15, -0.1) is 12.4 Å². The molecule has 0 aliphatic carbocycles.